The summed E-state index contributed by atoms with van der Waals surface area (Å²) in [4.78, 5) is 20.2. The van der Waals surface area contributed by atoms with E-state index in [9.17, 15) is 35.7 Å². The molecular formula is C26H48O16. The molecule has 0 amide bonds. The maximum absolute atomic E-state index is 10.6. The van der Waals surface area contributed by atoms with Gasteiger partial charge in [-0.25, -0.2) is 19.6 Å². The van der Waals surface area contributed by atoms with E-state index in [1.807, 2.05) is 13.8 Å². The average molecular weight is 617 g/mol. The van der Waals surface area contributed by atoms with E-state index in [1.54, 1.807) is 0 Å². The lowest BCUT2D eigenvalue weighted by Crippen LogP contribution is -2.61. The third kappa shape index (κ3) is 8.97. The molecule has 0 aromatic carbocycles. The molecular weight excluding hydrogens is 568 g/mol. The van der Waals surface area contributed by atoms with Gasteiger partial charge in [0.05, 0.1) is 52.4 Å². The Kier molecular flexibility index (Phi) is 14.6. The van der Waals surface area contributed by atoms with Crippen molar-refractivity contribution in [1.29, 1.82) is 0 Å². The number of aliphatic hydroxyl groups excluding tert-OH is 7. The fraction of sp³-hybridized carbons (Fsp3) is 1.00. The van der Waals surface area contributed by atoms with Gasteiger partial charge in [-0.05, 0) is 19.8 Å². The van der Waals surface area contributed by atoms with Crippen molar-refractivity contribution in [3.63, 3.8) is 0 Å². The molecule has 16 nitrogen and oxygen atoms in total. The van der Waals surface area contributed by atoms with E-state index >= 15 is 0 Å². The van der Waals surface area contributed by atoms with Crippen LogP contribution in [0.25, 0.3) is 0 Å². The average Bonchev–Trinajstić information content (AvgIpc) is 2.97. The molecule has 2 heterocycles. The van der Waals surface area contributed by atoms with Crippen LogP contribution in [0.2, 0.25) is 0 Å². The van der Waals surface area contributed by atoms with Gasteiger partial charge in [-0.2, -0.15) is 0 Å². The molecule has 42 heavy (non-hydrogen) atoms. The smallest absolute Gasteiger partial charge is 0.187 e. The highest BCUT2D eigenvalue weighted by Crippen LogP contribution is 2.35. The van der Waals surface area contributed by atoms with Gasteiger partial charge >= 0.3 is 0 Å². The Labute approximate surface area is 244 Å². The zero-order valence-corrected chi connectivity index (χ0v) is 24.4. The van der Waals surface area contributed by atoms with Crippen LogP contribution in [0.1, 0.15) is 39.5 Å². The third-order valence-electron chi connectivity index (χ3n) is 7.92. The van der Waals surface area contributed by atoms with Crippen molar-refractivity contribution in [3.05, 3.63) is 0 Å². The van der Waals surface area contributed by atoms with E-state index in [0.717, 1.165) is 6.42 Å². The van der Waals surface area contributed by atoms with Crippen molar-refractivity contribution in [2.24, 2.45) is 5.92 Å². The van der Waals surface area contributed by atoms with Gasteiger partial charge in [0.25, 0.3) is 0 Å². The van der Waals surface area contributed by atoms with Crippen LogP contribution in [0.3, 0.4) is 0 Å². The number of hydrogen-bond acceptors (Lipinski definition) is 16. The van der Waals surface area contributed by atoms with Gasteiger partial charge in [0.1, 0.15) is 54.9 Å². The van der Waals surface area contributed by atoms with Gasteiger partial charge in [-0.1, -0.05) is 13.3 Å². The minimum Gasteiger partial charge on any atom is -0.394 e. The van der Waals surface area contributed by atoms with Crippen LogP contribution >= 0.6 is 0 Å². The Morgan fingerprint density at radius 2 is 1.38 bits per heavy atom. The summed E-state index contributed by atoms with van der Waals surface area (Å²) < 4.78 is 29.3. The van der Waals surface area contributed by atoms with Crippen LogP contribution in [-0.4, -0.2) is 156 Å². The van der Waals surface area contributed by atoms with E-state index < -0.39 is 86.3 Å². The first-order valence-corrected chi connectivity index (χ1v) is 14.3. The Hall–Kier alpha value is -0.640. The number of hydrogen-bond donors (Lipinski definition) is 7. The number of ether oxygens (including phenoxy) is 5. The molecule has 0 aromatic rings. The van der Waals surface area contributed by atoms with Gasteiger partial charge in [-0.3, -0.25) is 0 Å². The molecule has 15 unspecified atom stereocenters. The van der Waals surface area contributed by atoms with Crippen molar-refractivity contribution in [2.45, 2.75) is 125 Å². The van der Waals surface area contributed by atoms with Crippen molar-refractivity contribution in [3.8, 4) is 0 Å². The van der Waals surface area contributed by atoms with Gasteiger partial charge in [0.2, 0.25) is 0 Å². The lowest BCUT2D eigenvalue weighted by molar-refractivity contribution is -0.361. The highest BCUT2D eigenvalue weighted by atomic mass is 17.2. The predicted molar refractivity (Wildman–Crippen MR) is 138 cm³/mol. The highest BCUT2D eigenvalue weighted by molar-refractivity contribution is 4.94. The van der Waals surface area contributed by atoms with Gasteiger partial charge in [-0.15, -0.1) is 0 Å². The standard InChI is InChI=1S/C26H48O16/c1-5-6-12(2)38-25-23(32)22(31)20(29)18(41-25)11-36-15-7-13(10-37-34-3)14(42-35-4)8-16(15)39-26-24(33)21(30)19(28)17(9-27)40-26/h12-33H,5-11H2,1-4H3. The van der Waals surface area contributed by atoms with Crippen LogP contribution in [0, 0.1) is 5.92 Å². The molecule has 3 aliphatic rings. The maximum atomic E-state index is 10.6. The Balaban J connectivity index is 1.76. The second-order valence-corrected chi connectivity index (χ2v) is 11.0. The van der Waals surface area contributed by atoms with E-state index in [2.05, 4.69) is 0 Å². The monoisotopic (exact) mass is 616 g/mol. The quantitative estimate of drug-likeness (QED) is 0.0746. The summed E-state index contributed by atoms with van der Waals surface area (Å²) >= 11 is 0. The number of aliphatic hydroxyl groups is 7. The van der Waals surface area contributed by atoms with Crippen LogP contribution < -0.4 is 0 Å². The van der Waals surface area contributed by atoms with Crippen molar-refractivity contribution in [1.82, 2.24) is 0 Å². The maximum Gasteiger partial charge on any atom is 0.187 e. The zero-order chi connectivity index (χ0) is 31.0. The second-order valence-electron chi connectivity index (χ2n) is 11.0. The van der Waals surface area contributed by atoms with E-state index in [4.69, 9.17) is 43.2 Å². The lowest BCUT2D eigenvalue weighted by Gasteiger charge is -2.45. The molecule has 0 spiro atoms. The third-order valence-corrected chi connectivity index (χ3v) is 7.92. The predicted octanol–water partition coefficient (Wildman–Crippen LogP) is -2.50. The first kappa shape index (κ1) is 35.8. The molecule has 0 aromatic heterocycles. The van der Waals surface area contributed by atoms with Gasteiger partial charge < -0.3 is 59.4 Å². The van der Waals surface area contributed by atoms with Crippen LogP contribution in [0.4, 0.5) is 0 Å². The normalized spacial score (nSPS) is 43.8. The second kappa shape index (κ2) is 17.2. The molecule has 2 aliphatic heterocycles. The van der Waals surface area contributed by atoms with Crippen molar-refractivity contribution < 1.29 is 79.0 Å². The molecule has 2 saturated heterocycles. The molecule has 248 valence electrons. The molecule has 0 bridgehead atoms. The molecule has 1 saturated carbocycles. The molecule has 0 radical (unpaired) electrons. The van der Waals surface area contributed by atoms with Crippen molar-refractivity contribution in [2.75, 3.05) is 34.0 Å². The summed E-state index contributed by atoms with van der Waals surface area (Å²) in [5.41, 5.74) is 0. The van der Waals surface area contributed by atoms with Crippen LogP contribution in [0.5, 0.6) is 0 Å². The van der Waals surface area contributed by atoms with Crippen LogP contribution in [-0.2, 0) is 43.2 Å². The summed E-state index contributed by atoms with van der Waals surface area (Å²) in [6, 6.07) is 0. The zero-order valence-electron chi connectivity index (χ0n) is 24.4. The molecule has 16 heteroatoms. The van der Waals surface area contributed by atoms with E-state index in [-0.39, 0.29) is 38.1 Å². The summed E-state index contributed by atoms with van der Waals surface area (Å²) in [5, 5.41) is 72.0. The first-order valence-electron chi connectivity index (χ1n) is 14.3. The van der Waals surface area contributed by atoms with Crippen LogP contribution in [0.15, 0.2) is 0 Å². The highest BCUT2D eigenvalue weighted by Gasteiger charge is 2.49. The largest absolute Gasteiger partial charge is 0.394 e. The minimum atomic E-state index is -1.65. The van der Waals surface area contributed by atoms with Gasteiger partial charge in [0.15, 0.2) is 12.6 Å². The Bertz CT molecular complexity index is 762. The molecule has 7 N–H and O–H groups in total. The van der Waals surface area contributed by atoms with Gasteiger partial charge in [0, 0.05) is 12.3 Å². The molecule has 3 fully saturated rings. The van der Waals surface area contributed by atoms with E-state index in [0.29, 0.717) is 6.42 Å². The summed E-state index contributed by atoms with van der Waals surface area (Å²) in [7, 11) is 2.70. The Morgan fingerprint density at radius 1 is 0.738 bits per heavy atom. The Morgan fingerprint density at radius 3 is 2.00 bits per heavy atom. The molecule has 15 atom stereocenters. The van der Waals surface area contributed by atoms with Crippen molar-refractivity contribution >= 4 is 0 Å². The summed E-state index contributed by atoms with van der Waals surface area (Å²) in [5.74, 6) is -0.333. The SMILES string of the molecule is CCCC(C)OC1OC(COC2CC(COOC)C(OOC)CC2OC2OC(CO)C(O)C(O)C2O)C(O)C(O)C1O. The summed E-state index contributed by atoms with van der Waals surface area (Å²) in [6.07, 6.45) is -14.9. The number of rotatable bonds is 15. The fourth-order valence-corrected chi connectivity index (χ4v) is 5.51. The molecule has 1 aliphatic carbocycles. The first-order chi connectivity index (χ1) is 20.1. The lowest BCUT2D eigenvalue weighted by atomic mass is 9.83. The summed E-state index contributed by atoms with van der Waals surface area (Å²) in [6.45, 7) is 3.00. The van der Waals surface area contributed by atoms with E-state index in [1.165, 1.54) is 14.2 Å². The minimum absolute atomic E-state index is 0.0931. The topological polar surface area (TPSA) is 225 Å². The fourth-order valence-electron chi connectivity index (χ4n) is 5.51. The molecule has 3 rings (SSSR count).